The van der Waals surface area contributed by atoms with Crippen LogP contribution in [-0.4, -0.2) is 53.6 Å². The molecule has 0 radical (unpaired) electrons. The number of guanidine groups is 1. The summed E-state index contributed by atoms with van der Waals surface area (Å²) in [6.07, 6.45) is 1.93. The Morgan fingerprint density at radius 1 is 1.32 bits per heavy atom. The second-order valence-electron chi connectivity index (χ2n) is 6.69. The molecule has 0 aliphatic carbocycles. The monoisotopic (exact) mass is 500 g/mol. The highest BCUT2D eigenvalue weighted by Gasteiger charge is 2.21. The van der Waals surface area contributed by atoms with Crippen LogP contribution >= 0.6 is 24.0 Å². The third kappa shape index (κ3) is 5.98. The van der Waals surface area contributed by atoms with Gasteiger partial charge in [-0.3, -0.25) is 4.99 Å². The second kappa shape index (κ2) is 10.5. The third-order valence-electron chi connectivity index (χ3n) is 4.48. The quantitative estimate of drug-likeness (QED) is 0.360. The van der Waals surface area contributed by atoms with Crippen molar-refractivity contribution in [2.45, 2.75) is 45.4 Å². The number of nitrogens with one attached hydrogen (secondary N) is 2. The molecule has 2 unspecified atom stereocenters. The molecule has 0 bridgehead atoms. The van der Waals surface area contributed by atoms with Crippen LogP contribution in [0.25, 0.3) is 0 Å². The van der Waals surface area contributed by atoms with Gasteiger partial charge >= 0.3 is 0 Å². The van der Waals surface area contributed by atoms with Crippen molar-refractivity contribution in [3.63, 3.8) is 0 Å². The summed E-state index contributed by atoms with van der Waals surface area (Å²) in [6.45, 7) is 5.40. The molecule has 3 rings (SSSR count). The molecule has 154 valence electrons. The molecule has 1 aliphatic rings. The molecule has 0 spiro atoms. The number of ether oxygens (including phenoxy) is 2. The van der Waals surface area contributed by atoms with E-state index in [1.807, 2.05) is 42.8 Å². The Bertz CT molecular complexity index is 777. The lowest BCUT2D eigenvalue weighted by Gasteiger charge is -2.26. The molecular formula is C19H29IN6O2. The van der Waals surface area contributed by atoms with E-state index in [2.05, 4.69) is 25.7 Å². The smallest absolute Gasteiger partial charge is 0.191 e. The van der Waals surface area contributed by atoms with E-state index in [4.69, 9.17) is 9.47 Å². The maximum Gasteiger partial charge on any atom is 0.191 e. The molecule has 0 saturated heterocycles. The highest BCUT2D eigenvalue weighted by Crippen LogP contribution is 2.18. The van der Waals surface area contributed by atoms with Crippen LogP contribution in [0, 0.1) is 6.92 Å². The van der Waals surface area contributed by atoms with E-state index in [0.717, 1.165) is 48.5 Å². The van der Waals surface area contributed by atoms with Crippen LogP contribution < -0.4 is 20.1 Å². The average molecular weight is 500 g/mol. The number of hydrogen-bond acceptors (Lipinski definition) is 5. The van der Waals surface area contributed by atoms with E-state index in [1.54, 1.807) is 14.2 Å². The van der Waals surface area contributed by atoms with Gasteiger partial charge in [0.2, 0.25) is 0 Å². The Labute approximate surface area is 183 Å². The van der Waals surface area contributed by atoms with Gasteiger partial charge in [-0.2, -0.15) is 5.10 Å². The summed E-state index contributed by atoms with van der Waals surface area (Å²) >= 11 is 0. The molecule has 0 amide bonds. The Morgan fingerprint density at radius 3 is 2.71 bits per heavy atom. The fourth-order valence-corrected chi connectivity index (χ4v) is 3.11. The van der Waals surface area contributed by atoms with Crippen molar-refractivity contribution >= 4 is 29.9 Å². The van der Waals surface area contributed by atoms with Gasteiger partial charge in [0.15, 0.2) is 5.96 Å². The van der Waals surface area contributed by atoms with Crippen LogP contribution in [0.5, 0.6) is 11.5 Å². The highest BCUT2D eigenvalue weighted by molar-refractivity contribution is 14.0. The molecule has 8 nitrogen and oxygen atoms in total. The number of halogens is 1. The lowest BCUT2D eigenvalue weighted by Crippen LogP contribution is -2.48. The lowest BCUT2D eigenvalue weighted by atomic mass is 10.1. The van der Waals surface area contributed by atoms with Crippen LogP contribution in [0.3, 0.4) is 0 Å². The van der Waals surface area contributed by atoms with Crippen molar-refractivity contribution in [2.24, 2.45) is 4.99 Å². The van der Waals surface area contributed by atoms with Gasteiger partial charge in [0.05, 0.1) is 20.2 Å². The normalized spacial score (nSPS) is 17.1. The molecule has 0 saturated carbocycles. The fourth-order valence-electron chi connectivity index (χ4n) is 3.11. The van der Waals surface area contributed by atoms with Gasteiger partial charge in [-0.05, 0) is 44.5 Å². The molecule has 0 fully saturated rings. The highest BCUT2D eigenvalue weighted by atomic mass is 127. The summed E-state index contributed by atoms with van der Waals surface area (Å²) in [5.74, 6) is 4.29. The SMILES string of the molecule is CN=C(NCC(C)Oc1ccc(OC)cc1)NC1CCc2nc(C)nn2C1.I. The van der Waals surface area contributed by atoms with E-state index in [9.17, 15) is 0 Å². The zero-order valence-electron chi connectivity index (χ0n) is 16.8. The van der Waals surface area contributed by atoms with Gasteiger partial charge < -0.3 is 20.1 Å². The molecule has 2 atom stereocenters. The van der Waals surface area contributed by atoms with Crippen molar-refractivity contribution in [2.75, 3.05) is 20.7 Å². The van der Waals surface area contributed by atoms with Crippen LogP contribution in [0.2, 0.25) is 0 Å². The van der Waals surface area contributed by atoms with Crippen LogP contribution in [0.1, 0.15) is 25.0 Å². The van der Waals surface area contributed by atoms with Crippen LogP contribution in [0.4, 0.5) is 0 Å². The predicted octanol–water partition coefficient (Wildman–Crippen LogP) is 2.16. The largest absolute Gasteiger partial charge is 0.497 e. The molecule has 2 aromatic rings. The molecule has 2 heterocycles. The van der Waals surface area contributed by atoms with Gasteiger partial charge in [0.1, 0.15) is 29.3 Å². The molecule has 1 aliphatic heterocycles. The van der Waals surface area contributed by atoms with Crippen molar-refractivity contribution in [3.8, 4) is 11.5 Å². The molecular weight excluding hydrogens is 471 g/mol. The lowest BCUT2D eigenvalue weighted by molar-refractivity contribution is 0.223. The minimum atomic E-state index is -0.00660. The zero-order chi connectivity index (χ0) is 19.2. The first kappa shape index (κ1) is 22.3. The number of fused-ring (bicyclic) bond motifs is 1. The minimum Gasteiger partial charge on any atom is -0.497 e. The molecule has 9 heteroatoms. The topological polar surface area (TPSA) is 85.6 Å². The Balaban J connectivity index is 0.00000280. The predicted molar refractivity (Wildman–Crippen MR) is 120 cm³/mol. The Hall–Kier alpha value is -2.04. The zero-order valence-corrected chi connectivity index (χ0v) is 19.1. The maximum atomic E-state index is 5.92. The first-order valence-electron chi connectivity index (χ1n) is 9.25. The standard InChI is InChI=1S/C19H28N6O2.HI/c1-13(27-17-8-6-16(26-4)7-9-17)11-21-19(20-3)23-15-5-10-18-22-14(2)24-25(18)12-15;/h6-9,13,15H,5,10-12H2,1-4H3,(H2,20,21,23);1H. The number of nitrogens with zero attached hydrogens (tertiary/aromatic N) is 4. The minimum absolute atomic E-state index is 0. The van der Waals surface area contributed by atoms with Gasteiger partial charge in [0, 0.05) is 19.5 Å². The number of methoxy groups -OCH3 is 1. The van der Waals surface area contributed by atoms with E-state index < -0.39 is 0 Å². The Kier molecular flexibility index (Phi) is 8.34. The number of hydrogen-bond donors (Lipinski definition) is 2. The van der Waals surface area contributed by atoms with E-state index >= 15 is 0 Å². The van der Waals surface area contributed by atoms with Crippen LogP contribution in [0.15, 0.2) is 29.3 Å². The molecule has 1 aromatic heterocycles. The summed E-state index contributed by atoms with van der Waals surface area (Å²) in [6, 6.07) is 7.87. The van der Waals surface area contributed by atoms with E-state index in [0.29, 0.717) is 6.54 Å². The third-order valence-corrected chi connectivity index (χ3v) is 4.48. The van der Waals surface area contributed by atoms with E-state index in [-0.39, 0.29) is 36.1 Å². The summed E-state index contributed by atoms with van der Waals surface area (Å²) in [5.41, 5.74) is 0. The van der Waals surface area contributed by atoms with Crippen molar-refractivity contribution in [3.05, 3.63) is 35.9 Å². The molecule has 2 N–H and O–H groups in total. The van der Waals surface area contributed by atoms with Gasteiger partial charge in [-0.25, -0.2) is 9.67 Å². The van der Waals surface area contributed by atoms with Gasteiger partial charge in [0.25, 0.3) is 0 Å². The van der Waals surface area contributed by atoms with Crippen LogP contribution in [-0.2, 0) is 13.0 Å². The van der Waals surface area contributed by atoms with Crippen molar-refractivity contribution in [1.82, 2.24) is 25.4 Å². The number of aliphatic imine (C=N–C) groups is 1. The van der Waals surface area contributed by atoms with Gasteiger partial charge in [-0.1, -0.05) is 0 Å². The fraction of sp³-hybridized carbons (Fsp3) is 0.526. The summed E-state index contributed by atoms with van der Waals surface area (Å²) in [5, 5.41) is 11.2. The Morgan fingerprint density at radius 2 is 2.04 bits per heavy atom. The summed E-state index contributed by atoms with van der Waals surface area (Å²) in [7, 11) is 3.43. The van der Waals surface area contributed by atoms with Gasteiger partial charge in [-0.15, -0.1) is 24.0 Å². The van der Waals surface area contributed by atoms with Crippen molar-refractivity contribution < 1.29 is 9.47 Å². The maximum absolute atomic E-state index is 5.92. The molecule has 1 aromatic carbocycles. The number of aromatic nitrogens is 3. The van der Waals surface area contributed by atoms with E-state index in [1.165, 1.54) is 0 Å². The molecule has 28 heavy (non-hydrogen) atoms. The van der Waals surface area contributed by atoms with Crippen molar-refractivity contribution in [1.29, 1.82) is 0 Å². The summed E-state index contributed by atoms with van der Waals surface area (Å²) in [4.78, 5) is 8.77. The first-order valence-corrected chi connectivity index (χ1v) is 9.25. The number of rotatable bonds is 6. The summed E-state index contributed by atoms with van der Waals surface area (Å²) < 4.78 is 13.1. The number of benzene rings is 1. The number of aryl methyl sites for hydroxylation is 2. The first-order chi connectivity index (χ1) is 13.1. The second-order valence-corrected chi connectivity index (χ2v) is 6.69. The average Bonchev–Trinajstić information content (AvgIpc) is 3.05.